The lowest BCUT2D eigenvalue weighted by atomic mass is 9.85. The molecule has 2 aromatic rings. The summed E-state index contributed by atoms with van der Waals surface area (Å²) in [5, 5.41) is 2.58. The summed E-state index contributed by atoms with van der Waals surface area (Å²) < 4.78 is 82.6. The fourth-order valence-electron chi connectivity index (χ4n) is 3.63. The number of ether oxygens (including phenoxy) is 1. The summed E-state index contributed by atoms with van der Waals surface area (Å²) in [5.41, 5.74) is -4.99. The van der Waals surface area contributed by atoms with E-state index >= 15 is 0 Å². The first-order valence-corrected chi connectivity index (χ1v) is 11.8. The van der Waals surface area contributed by atoms with Gasteiger partial charge in [0, 0.05) is 29.7 Å². The Hall–Kier alpha value is -2.58. The molecule has 2 atom stereocenters. The zero-order valence-corrected chi connectivity index (χ0v) is 19.5. The Balaban J connectivity index is 2.01. The first-order valence-electron chi connectivity index (χ1n) is 9.98. The molecule has 0 unspecified atom stereocenters. The van der Waals surface area contributed by atoms with Gasteiger partial charge in [0.1, 0.15) is 6.33 Å². The number of carbonyl (C=O) groups is 2. The van der Waals surface area contributed by atoms with E-state index in [9.17, 15) is 34.4 Å². The van der Waals surface area contributed by atoms with Crippen LogP contribution in [0.5, 0.6) is 0 Å². The fraction of sp³-hybridized carbons (Fsp3) is 0.400. The molecular formula is C20H19ClF6N4O3S. The maximum absolute atomic E-state index is 14.1. The van der Waals surface area contributed by atoms with E-state index in [-0.39, 0.29) is 24.1 Å². The second-order valence-corrected chi connectivity index (χ2v) is 9.40. The average Bonchev–Trinajstić information content (AvgIpc) is 2.77. The molecule has 1 heterocycles. The minimum atomic E-state index is -5.58. The van der Waals surface area contributed by atoms with Crippen molar-refractivity contribution in [1.82, 2.24) is 15.3 Å². The molecular weight excluding hydrogens is 526 g/mol. The minimum absolute atomic E-state index is 0.00612. The molecule has 3 rings (SSSR count). The van der Waals surface area contributed by atoms with Gasteiger partial charge in [-0.2, -0.15) is 8.78 Å². The van der Waals surface area contributed by atoms with Crippen LogP contribution in [0.4, 0.5) is 30.5 Å². The van der Waals surface area contributed by atoms with Crippen molar-refractivity contribution in [3.8, 4) is 0 Å². The second kappa shape index (κ2) is 10.6. The maximum Gasteiger partial charge on any atom is 0.345 e. The summed E-state index contributed by atoms with van der Waals surface area (Å²) >= 11 is -0.177. The predicted molar refractivity (Wildman–Crippen MR) is 115 cm³/mol. The normalized spacial score (nSPS) is 20.9. The van der Waals surface area contributed by atoms with E-state index in [0.717, 1.165) is 18.5 Å². The fourth-order valence-corrected chi connectivity index (χ4v) is 4.17. The van der Waals surface area contributed by atoms with Crippen molar-refractivity contribution in [2.24, 2.45) is 0 Å². The molecule has 192 valence electrons. The summed E-state index contributed by atoms with van der Waals surface area (Å²) in [5.74, 6) is -2.31. The van der Waals surface area contributed by atoms with Crippen LogP contribution in [0, 0.1) is 0 Å². The maximum atomic E-state index is 14.1. The molecule has 1 N–H and O–H groups in total. The summed E-state index contributed by atoms with van der Waals surface area (Å²) in [7, 11) is 0. The quantitative estimate of drug-likeness (QED) is 0.356. The van der Waals surface area contributed by atoms with Gasteiger partial charge in [-0.05, 0) is 44.0 Å². The number of aromatic nitrogens is 2. The molecule has 15 heteroatoms. The van der Waals surface area contributed by atoms with E-state index in [0.29, 0.717) is 17.0 Å². The third-order valence-electron chi connectivity index (χ3n) is 5.51. The predicted octanol–water partition coefficient (Wildman–Crippen LogP) is 4.96. The van der Waals surface area contributed by atoms with E-state index in [4.69, 9.17) is 11.6 Å². The van der Waals surface area contributed by atoms with Crippen molar-refractivity contribution >= 4 is 40.3 Å². The van der Waals surface area contributed by atoms with Crippen molar-refractivity contribution in [2.45, 2.75) is 54.6 Å². The molecule has 0 spiro atoms. The molecule has 7 nitrogen and oxygen atoms in total. The molecule has 1 aromatic heterocycles. The molecule has 0 bridgehead atoms. The number of anilines is 1. The Morgan fingerprint density at radius 3 is 2.20 bits per heavy atom. The average molecular weight is 545 g/mol. The summed E-state index contributed by atoms with van der Waals surface area (Å²) in [6.07, 6.45) is 2.79. The van der Waals surface area contributed by atoms with Crippen molar-refractivity contribution in [1.29, 1.82) is 0 Å². The minimum Gasteiger partial charge on any atom is -0.351 e. The molecule has 1 aliphatic carbocycles. The lowest BCUT2D eigenvalue weighted by Crippen LogP contribution is -2.61. The Morgan fingerprint density at radius 2 is 1.71 bits per heavy atom. The highest BCUT2D eigenvalue weighted by atomic mass is 35.5. The molecule has 1 fully saturated rings. The summed E-state index contributed by atoms with van der Waals surface area (Å²) in [6, 6.07) is 2.62. The Labute approximate surface area is 203 Å². The highest BCUT2D eigenvalue weighted by Crippen LogP contribution is 2.60. The van der Waals surface area contributed by atoms with Crippen LogP contribution in [-0.2, 0) is 19.9 Å². The largest absolute Gasteiger partial charge is 0.351 e. The van der Waals surface area contributed by atoms with E-state index in [2.05, 4.69) is 20.0 Å². The number of hydrogen-bond donors (Lipinski definition) is 1. The zero-order chi connectivity index (χ0) is 26.0. The Bertz CT molecular complexity index is 1040. The van der Waals surface area contributed by atoms with Crippen LogP contribution in [-0.4, -0.2) is 46.2 Å². The van der Waals surface area contributed by atoms with Gasteiger partial charge in [-0.1, -0.05) is 11.6 Å². The van der Waals surface area contributed by atoms with Gasteiger partial charge >= 0.3 is 6.61 Å². The number of nitrogens with one attached hydrogen (secondary N) is 1. The van der Waals surface area contributed by atoms with Gasteiger partial charge in [0.15, 0.2) is 5.54 Å². The van der Waals surface area contributed by atoms with Crippen LogP contribution in [0.2, 0.25) is 0 Å². The van der Waals surface area contributed by atoms with Gasteiger partial charge in [-0.3, -0.25) is 14.5 Å². The number of benzene rings is 1. The molecule has 2 amide bonds. The molecule has 0 aliphatic heterocycles. The van der Waals surface area contributed by atoms with E-state index < -0.39 is 57.8 Å². The van der Waals surface area contributed by atoms with Crippen LogP contribution >= 0.6 is 22.8 Å². The number of amides is 2. The first-order chi connectivity index (χ1) is 16.3. The van der Waals surface area contributed by atoms with Crippen LogP contribution in [0.15, 0.2) is 47.9 Å². The van der Waals surface area contributed by atoms with Crippen LogP contribution < -0.4 is 10.2 Å². The van der Waals surface area contributed by atoms with Gasteiger partial charge < -0.3 is 10.1 Å². The lowest BCUT2D eigenvalue weighted by molar-refractivity contribution is -0.186. The van der Waals surface area contributed by atoms with Crippen LogP contribution in [0.25, 0.3) is 0 Å². The number of alkyl halides is 4. The van der Waals surface area contributed by atoms with Crippen LogP contribution in [0.1, 0.15) is 25.3 Å². The number of hydrogen-bond acceptors (Lipinski definition) is 5. The summed E-state index contributed by atoms with van der Waals surface area (Å²) in [4.78, 5) is 33.6. The van der Waals surface area contributed by atoms with E-state index in [1.165, 1.54) is 19.3 Å². The van der Waals surface area contributed by atoms with Crippen molar-refractivity contribution < 1.29 is 39.2 Å². The Morgan fingerprint density at radius 1 is 1.14 bits per heavy atom. The van der Waals surface area contributed by atoms with Gasteiger partial charge in [-0.25, -0.2) is 14.4 Å². The summed E-state index contributed by atoms with van der Waals surface area (Å²) in [6.45, 7) is -1.77. The highest BCUT2D eigenvalue weighted by Gasteiger charge is 2.48. The highest BCUT2D eigenvalue weighted by molar-refractivity contribution is 8.20. The SMILES string of the molecule is C[C@](C(=O)NC1CC(OC(F)F)C1)(c1cncnc1)N(C(=O)[C@H](F)Cl)c1ccc(S(F)(F)F)cc1. The monoisotopic (exact) mass is 544 g/mol. The van der Waals surface area contributed by atoms with Crippen LogP contribution in [0.3, 0.4) is 0 Å². The topological polar surface area (TPSA) is 84.4 Å². The molecule has 0 saturated heterocycles. The van der Waals surface area contributed by atoms with Gasteiger partial charge in [0.25, 0.3) is 17.4 Å². The van der Waals surface area contributed by atoms with Crippen molar-refractivity contribution in [3.05, 3.63) is 48.5 Å². The molecule has 0 radical (unpaired) electrons. The number of carbonyl (C=O) groups excluding carboxylic acids is 2. The first kappa shape index (κ1) is 27.0. The zero-order valence-electron chi connectivity index (χ0n) is 17.9. The smallest absolute Gasteiger partial charge is 0.345 e. The number of rotatable bonds is 9. The van der Waals surface area contributed by atoms with E-state index in [1.807, 2.05) is 0 Å². The van der Waals surface area contributed by atoms with Gasteiger partial charge in [0.05, 0.1) is 11.0 Å². The Kier molecular flexibility index (Phi) is 8.17. The second-order valence-electron chi connectivity index (χ2n) is 7.73. The third-order valence-corrected chi connectivity index (χ3v) is 6.50. The molecule has 1 aromatic carbocycles. The van der Waals surface area contributed by atoms with Crippen molar-refractivity contribution in [2.75, 3.05) is 4.90 Å². The number of halogens is 7. The van der Waals surface area contributed by atoms with E-state index in [1.54, 1.807) is 0 Å². The van der Waals surface area contributed by atoms with Crippen molar-refractivity contribution in [3.63, 3.8) is 0 Å². The number of nitrogens with zero attached hydrogens (tertiary/aromatic N) is 3. The molecule has 35 heavy (non-hydrogen) atoms. The van der Waals surface area contributed by atoms with Gasteiger partial charge in [-0.15, -0.1) is 11.7 Å². The molecule has 1 aliphatic rings. The molecule has 1 saturated carbocycles. The van der Waals surface area contributed by atoms with Gasteiger partial charge in [0.2, 0.25) is 11.2 Å². The standard InChI is InChI=1S/C20H19ClF6N4O3S/c1-20(11-8-28-10-29-9-11,18(33)30-12-6-14(7-12)34-19(23)24)31(17(32)16(21)22)13-2-4-15(5-3-13)35(25,26)27/h2-5,8-10,12,14,16,19H,6-7H2,1H3,(H,30,33)/t12?,14?,16-,20+/m0/s1. The third kappa shape index (κ3) is 5.98. The lowest BCUT2D eigenvalue weighted by Gasteiger charge is -2.43.